The number of halogens is 1. The fraction of sp³-hybridized carbons (Fsp3) is 0.462. The number of aryl methyl sites for hydroxylation is 1. The van der Waals surface area contributed by atoms with Crippen molar-refractivity contribution in [3.8, 4) is 0 Å². The lowest BCUT2D eigenvalue weighted by atomic mass is 9.89. The van der Waals surface area contributed by atoms with Crippen LogP contribution in [-0.4, -0.2) is 22.5 Å². The molecule has 0 saturated heterocycles. The van der Waals surface area contributed by atoms with Crippen LogP contribution in [0, 0.1) is 0 Å². The molecule has 98 valence electrons. The highest BCUT2D eigenvalue weighted by Crippen LogP contribution is 2.38. The van der Waals surface area contributed by atoms with Gasteiger partial charge in [0.1, 0.15) is 0 Å². The van der Waals surface area contributed by atoms with Gasteiger partial charge in [0.2, 0.25) is 0 Å². The average molecular weight is 375 g/mol. The molecule has 3 rings (SSSR count). The number of hydrogen-bond donors (Lipinski definition) is 1. The zero-order valence-corrected chi connectivity index (χ0v) is 13.6. The van der Waals surface area contributed by atoms with Gasteiger partial charge in [-0.3, -0.25) is 0 Å². The van der Waals surface area contributed by atoms with Gasteiger partial charge in [-0.1, -0.05) is 13.0 Å². The molecule has 0 saturated carbocycles. The predicted octanol–water partition coefficient (Wildman–Crippen LogP) is 3.28. The summed E-state index contributed by atoms with van der Waals surface area (Å²) in [4.78, 5) is 8.29. The second-order valence-corrected chi connectivity index (χ2v) is 5.69. The summed E-state index contributed by atoms with van der Waals surface area (Å²) in [6, 6.07) is 0.508. The Morgan fingerprint density at radius 1 is 1.56 bits per heavy atom. The van der Waals surface area contributed by atoms with Gasteiger partial charge in [0.05, 0.1) is 11.7 Å². The van der Waals surface area contributed by atoms with Crippen molar-refractivity contribution in [2.75, 3.05) is 12.3 Å². The molecule has 1 aliphatic carbocycles. The molecular weight excluding hydrogens is 357 g/mol. The minimum Gasteiger partial charge on any atom is -0.375 e. The van der Waals surface area contributed by atoms with E-state index in [0.29, 0.717) is 11.2 Å². The van der Waals surface area contributed by atoms with Crippen molar-refractivity contribution in [2.45, 2.75) is 32.2 Å². The van der Waals surface area contributed by atoms with Crippen LogP contribution in [0.25, 0.3) is 5.57 Å². The van der Waals surface area contributed by atoms with Crippen molar-refractivity contribution >= 4 is 46.0 Å². The van der Waals surface area contributed by atoms with Crippen molar-refractivity contribution in [2.24, 2.45) is 0 Å². The third-order valence-electron chi connectivity index (χ3n) is 3.43. The van der Waals surface area contributed by atoms with E-state index in [1.807, 2.05) is 0 Å². The van der Waals surface area contributed by atoms with E-state index < -0.39 is 0 Å². The molecule has 1 aliphatic heterocycles. The fourth-order valence-corrected chi connectivity index (χ4v) is 3.60. The van der Waals surface area contributed by atoms with Crippen LogP contribution in [0.4, 0.5) is 5.13 Å². The zero-order chi connectivity index (χ0) is 11.8. The first kappa shape index (κ1) is 13.9. The Labute approximate surface area is 129 Å². The normalized spacial score (nSPS) is 20.8. The fourth-order valence-electron chi connectivity index (χ4n) is 2.73. The summed E-state index contributed by atoms with van der Waals surface area (Å²) in [5.41, 5.74) is 8.33. The summed E-state index contributed by atoms with van der Waals surface area (Å²) >= 11 is 1.64. The number of nitrogens with two attached hydrogens (primary N) is 1. The van der Waals surface area contributed by atoms with E-state index in [2.05, 4.69) is 35.2 Å². The van der Waals surface area contributed by atoms with Crippen LogP contribution in [-0.2, 0) is 6.42 Å². The van der Waals surface area contributed by atoms with E-state index in [-0.39, 0.29) is 24.0 Å². The van der Waals surface area contributed by atoms with Crippen molar-refractivity contribution in [1.29, 1.82) is 0 Å². The molecule has 3 nitrogen and oxygen atoms in total. The second kappa shape index (κ2) is 5.61. The van der Waals surface area contributed by atoms with Gasteiger partial charge in [0.15, 0.2) is 5.13 Å². The summed E-state index contributed by atoms with van der Waals surface area (Å²) in [6.07, 6.45) is 10.0. The first-order chi connectivity index (χ1) is 8.29. The first-order valence-corrected chi connectivity index (χ1v) is 7.01. The lowest BCUT2D eigenvalue weighted by Crippen LogP contribution is -2.36. The Balaban J connectivity index is 0.00000120. The Kier molecular flexibility index (Phi) is 4.32. The topological polar surface area (TPSA) is 42.2 Å². The van der Waals surface area contributed by atoms with Crippen LogP contribution in [0.2, 0.25) is 0 Å². The quantitative estimate of drug-likeness (QED) is 0.807. The number of nitrogens with zero attached hydrogens (tertiary/aromatic N) is 2. The summed E-state index contributed by atoms with van der Waals surface area (Å²) in [6.45, 7) is 3.34. The molecular formula is C13H18IN3S. The van der Waals surface area contributed by atoms with Gasteiger partial charge in [-0.25, -0.2) is 4.98 Å². The maximum atomic E-state index is 5.82. The maximum Gasteiger partial charge on any atom is 0.180 e. The van der Waals surface area contributed by atoms with Gasteiger partial charge >= 0.3 is 0 Å². The van der Waals surface area contributed by atoms with E-state index in [1.54, 1.807) is 11.3 Å². The van der Waals surface area contributed by atoms with Crippen LogP contribution >= 0.6 is 35.3 Å². The molecule has 1 aromatic heterocycles. The number of aromatic nitrogens is 1. The largest absolute Gasteiger partial charge is 0.375 e. The average Bonchev–Trinajstić information content (AvgIpc) is 2.70. The highest BCUT2D eigenvalue weighted by Gasteiger charge is 2.30. The summed E-state index contributed by atoms with van der Waals surface area (Å²) < 4.78 is 0. The molecule has 5 heteroatoms. The molecule has 2 N–H and O–H groups in total. The van der Waals surface area contributed by atoms with Crippen molar-refractivity contribution in [1.82, 2.24) is 9.88 Å². The SMILES string of the molecule is CCCN1C=CC=C2c3nc(N)sc3CCC21.I. The number of hydrogen-bond acceptors (Lipinski definition) is 4. The predicted molar refractivity (Wildman–Crippen MR) is 88.2 cm³/mol. The summed E-state index contributed by atoms with van der Waals surface area (Å²) in [5, 5.41) is 0.702. The van der Waals surface area contributed by atoms with Crippen LogP contribution in [0.5, 0.6) is 0 Å². The molecule has 2 heterocycles. The molecule has 0 fully saturated rings. The molecule has 0 aromatic carbocycles. The van der Waals surface area contributed by atoms with Crippen LogP contribution < -0.4 is 5.73 Å². The Hall–Kier alpha value is -0.560. The number of nitrogen functional groups attached to an aromatic ring is 1. The molecule has 2 aliphatic rings. The van der Waals surface area contributed by atoms with Crippen molar-refractivity contribution in [3.05, 3.63) is 28.9 Å². The molecule has 1 unspecified atom stereocenters. The van der Waals surface area contributed by atoms with Crippen LogP contribution in [0.3, 0.4) is 0 Å². The summed E-state index contributed by atoms with van der Waals surface area (Å²) in [5.74, 6) is 0. The molecule has 0 bridgehead atoms. The lowest BCUT2D eigenvalue weighted by Gasteiger charge is -2.36. The number of rotatable bonds is 2. The number of thiazole rings is 1. The highest BCUT2D eigenvalue weighted by molar-refractivity contribution is 14.0. The van der Waals surface area contributed by atoms with E-state index in [0.717, 1.165) is 18.7 Å². The number of anilines is 1. The summed E-state index contributed by atoms with van der Waals surface area (Å²) in [7, 11) is 0. The lowest BCUT2D eigenvalue weighted by molar-refractivity contribution is 0.307. The third kappa shape index (κ3) is 2.30. The molecule has 1 atom stereocenters. The standard InChI is InChI=1S/C13H17N3S.HI/c1-2-7-16-8-3-4-9-10(16)5-6-11-12(9)15-13(14)17-11;/h3-4,8,10H,2,5-7H2,1H3,(H2,14,15);1H. The van der Waals surface area contributed by atoms with Gasteiger partial charge in [-0.05, 0) is 31.5 Å². The Morgan fingerprint density at radius 2 is 2.39 bits per heavy atom. The van der Waals surface area contributed by atoms with E-state index in [1.165, 1.54) is 23.3 Å². The van der Waals surface area contributed by atoms with E-state index >= 15 is 0 Å². The minimum absolute atomic E-state index is 0. The van der Waals surface area contributed by atoms with Gasteiger partial charge in [-0.15, -0.1) is 35.3 Å². The molecule has 0 radical (unpaired) electrons. The van der Waals surface area contributed by atoms with Gasteiger partial charge < -0.3 is 10.6 Å². The van der Waals surface area contributed by atoms with Gasteiger partial charge in [-0.2, -0.15) is 0 Å². The molecule has 18 heavy (non-hydrogen) atoms. The molecule has 0 spiro atoms. The molecule has 0 amide bonds. The van der Waals surface area contributed by atoms with E-state index in [4.69, 9.17) is 5.73 Å². The Bertz CT molecular complexity index is 492. The minimum atomic E-state index is 0. The highest BCUT2D eigenvalue weighted by atomic mass is 127. The van der Waals surface area contributed by atoms with Gasteiger partial charge in [0.25, 0.3) is 0 Å². The first-order valence-electron chi connectivity index (χ1n) is 6.19. The van der Waals surface area contributed by atoms with Crippen LogP contribution in [0.15, 0.2) is 18.4 Å². The number of allylic oxidation sites excluding steroid dienone is 2. The Morgan fingerprint density at radius 3 is 3.17 bits per heavy atom. The monoisotopic (exact) mass is 375 g/mol. The molecule has 1 aromatic rings. The third-order valence-corrected chi connectivity index (χ3v) is 4.37. The maximum absolute atomic E-state index is 5.82. The zero-order valence-electron chi connectivity index (χ0n) is 10.4. The number of fused-ring (bicyclic) bond motifs is 3. The second-order valence-electron chi connectivity index (χ2n) is 4.58. The van der Waals surface area contributed by atoms with Gasteiger partial charge in [0, 0.05) is 17.0 Å². The van der Waals surface area contributed by atoms with Crippen LogP contribution in [0.1, 0.15) is 30.3 Å². The van der Waals surface area contributed by atoms with E-state index in [9.17, 15) is 0 Å². The van der Waals surface area contributed by atoms with Crippen molar-refractivity contribution in [3.63, 3.8) is 0 Å². The smallest absolute Gasteiger partial charge is 0.180 e. The van der Waals surface area contributed by atoms with Crippen molar-refractivity contribution < 1.29 is 0 Å².